The van der Waals surface area contributed by atoms with Gasteiger partial charge in [0.25, 0.3) is 5.91 Å². The largest absolute Gasteiger partial charge is 0.505 e. The van der Waals surface area contributed by atoms with Crippen molar-refractivity contribution >= 4 is 18.2 Å². The van der Waals surface area contributed by atoms with E-state index in [1.54, 1.807) is 13.8 Å². The highest BCUT2D eigenvalue weighted by molar-refractivity contribution is 6.07. The number of carbonyl (C=O) groups excluding carboxylic acids is 2. The highest BCUT2D eigenvalue weighted by Crippen LogP contribution is 2.25. The fourth-order valence-corrected chi connectivity index (χ4v) is 3.02. The predicted molar refractivity (Wildman–Crippen MR) is 103 cm³/mol. The third-order valence-electron chi connectivity index (χ3n) is 4.83. The molecule has 1 saturated heterocycles. The normalized spacial score (nSPS) is 19.5. The molecule has 0 saturated carbocycles. The third kappa shape index (κ3) is 3.72. The number of nitrogens with zero attached hydrogens (tertiary/aromatic N) is 3. The second-order valence-corrected chi connectivity index (χ2v) is 6.90. The van der Waals surface area contributed by atoms with E-state index in [2.05, 4.69) is 15.4 Å². The van der Waals surface area contributed by atoms with Crippen molar-refractivity contribution in [3.63, 3.8) is 0 Å². The summed E-state index contributed by atoms with van der Waals surface area (Å²) in [6.45, 7) is 2.90. The van der Waals surface area contributed by atoms with Gasteiger partial charge >= 0.3 is 6.03 Å². The van der Waals surface area contributed by atoms with Crippen molar-refractivity contribution < 1.29 is 19.8 Å². The number of pyridine rings is 1. The van der Waals surface area contributed by atoms with Gasteiger partial charge in [-0.05, 0) is 32.3 Å². The molecule has 0 bridgehead atoms. The number of benzene rings is 1. The Kier molecular flexibility index (Phi) is 5.41. The second kappa shape index (κ2) is 7.77. The number of aliphatic hydroxyl groups is 1. The van der Waals surface area contributed by atoms with Gasteiger partial charge < -0.3 is 15.5 Å². The molecule has 0 radical (unpaired) electrons. The topological polar surface area (TPSA) is 115 Å². The number of rotatable bonds is 6. The Bertz CT molecular complexity index is 929. The molecule has 3 rings (SSSR count). The lowest BCUT2D eigenvalue weighted by Crippen LogP contribution is -2.44. The Morgan fingerprint density at radius 1 is 1.29 bits per heavy atom. The first-order valence-electron chi connectivity index (χ1n) is 8.88. The van der Waals surface area contributed by atoms with Crippen LogP contribution in [0.1, 0.15) is 35.7 Å². The zero-order valence-corrected chi connectivity index (χ0v) is 15.7. The van der Waals surface area contributed by atoms with E-state index in [9.17, 15) is 19.8 Å². The van der Waals surface area contributed by atoms with Crippen molar-refractivity contribution in [3.05, 3.63) is 58.9 Å². The number of aromatic nitrogens is 1. The number of amides is 3. The molecule has 3 N–H and O–H groups in total. The van der Waals surface area contributed by atoms with Crippen molar-refractivity contribution in [1.82, 2.24) is 15.3 Å². The SMILES string of the molecule is Cc1ncc(CO)c(/C=N/N2C(=O)N[C@](C)(CCc3ccccc3)C2=O)c1O. The van der Waals surface area contributed by atoms with E-state index in [0.717, 1.165) is 10.6 Å². The first-order valence-corrected chi connectivity index (χ1v) is 8.88. The molecule has 2 heterocycles. The van der Waals surface area contributed by atoms with E-state index < -0.39 is 17.5 Å². The molecule has 0 spiro atoms. The van der Waals surface area contributed by atoms with E-state index in [0.29, 0.717) is 24.1 Å². The summed E-state index contributed by atoms with van der Waals surface area (Å²) in [6, 6.07) is 9.06. The minimum absolute atomic E-state index is 0.158. The van der Waals surface area contributed by atoms with Crippen LogP contribution in [0.2, 0.25) is 0 Å². The zero-order chi connectivity index (χ0) is 20.3. The molecule has 1 aromatic carbocycles. The van der Waals surface area contributed by atoms with Gasteiger partial charge in [0.1, 0.15) is 11.3 Å². The third-order valence-corrected chi connectivity index (χ3v) is 4.83. The Morgan fingerprint density at radius 2 is 2.00 bits per heavy atom. The number of aryl methyl sites for hydroxylation is 2. The van der Waals surface area contributed by atoms with Gasteiger partial charge in [0, 0.05) is 17.3 Å². The molecule has 8 nitrogen and oxygen atoms in total. The van der Waals surface area contributed by atoms with Crippen LogP contribution < -0.4 is 5.32 Å². The van der Waals surface area contributed by atoms with Crippen LogP contribution in [-0.4, -0.2) is 43.9 Å². The summed E-state index contributed by atoms with van der Waals surface area (Å²) in [6.07, 6.45) is 3.65. The summed E-state index contributed by atoms with van der Waals surface area (Å²) in [5, 5.41) is 27.0. The molecule has 0 aliphatic carbocycles. The summed E-state index contributed by atoms with van der Waals surface area (Å²) in [4.78, 5) is 29.1. The number of aliphatic hydroxyl groups excluding tert-OH is 1. The maximum atomic E-state index is 12.8. The lowest BCUT2D eigenvalue weighted by molar-refractivity contribution is -0.130. The average Bonchev–Trinajstić information content (AvgIpc) is 2.91. The molecule has 3 amide bonds. The standard InChI is InChI=1S/C20H22N4O4/c1-13-17(26)16(15(12-25)10-21-13)11-22-24-18(27)20(2,23-19(24)28)9-8-14-6-4-3-5-7-14/h3-7,10-11,25-26H,8-9,12H2,1-2H3,(H,23,28)/b22-11+/t20-/m1/s1. The van der Waals surface area contributed by atoms with Crippen LogP contribution >= 0.6 is 0 Å². The number of hydrazone groups is 1. The van der Waals surface area contributed by atoms with Gasteiger partial charge in [-0.3, -0.25) is 9.78 Å². The fraction of sp³-hybridized carbons (Fsp3) is 0.300. The predicted octanol–water partition coefficient (Wildman–Crippen LogP) is 1.87. The number of carbonyl (C=O) groups is 2. The molecule has 2 aromatic rings. The van der Waals surface area contributed by atoms with Crippen molar-refractivity contribution in [2.45, 2.75) is 38.8 Å². The molecule has 8 heteroatoms. The average molecular weight is 382 g/mol. The number of imide groups is 1. The first-order chi connectivity index (χ1) is 13.4. The number of nitrogens with one attached hydrogen (secondary N) is 1. The maximum absolute atomic E-state index is 12.8. The number of hydrogen-bond acceptors (Lipinski definition) is 6. The molecule has 1 aliphatic rings. The van der Waals surface area contributed by atoms with Crippen molar-refractivity contribution in [2.24, 2.45) is 5.10 Å². The van der Waals surface area contributed by atoms with Crippen LogP contribution in [0.4, 0.5) is 4.79 Å². The number of aromatic hydroxyl groups is 1. The van der Waals surface area contributed by atoms with Crippen LogP contribution in [0, 0.1) is 6.92 Å². The fourth-order valence-electron chi connectivity index (χ4n) is 3.02. The lowest BCUT2D eigenvalue weighted by Gasteiger charge is -2.20. The molecular weight excluding hydrogens is 360 g/mol. The van der Waals surface area contributed by atoms with Gasteiger partial charge in [-0.1, -0.05) is 30.3 Å². The summed E-state index contributed by atoms with van der Waals surface area (Å²) in [5.41, 5.74) is 0.903. The Hall–Kier alpha value is -3.26. The maximum Gasteiger partial charge on any atom is 0.346 e. The number of hydrogen-bond donors (Lipinski definition) is 3. The van der Waals surface area contributed by atoms with Crippen LogP contribution in [-0.2, 0) is 17.8 Å². The van der Waals surface area contributed by atoms with Gasteiger partial charge in [0.05, 0.1) is 18.5 Å². The Morgan fingerprint density at radius 3 is 2.68 bits per heavy atom. The van der Waals surface area contributed by atoms with Gasteiger partial charge in [-0.2, -0.15) is 5.10 Å². The highest BCUT2D eigenvalue weighted by Gasteiger charge is 2.47. The van der Waals surface area contributed by atoms with E-state index in [1.807, 2.05) is 30.3 Å². The van der Waals surface area contributed by atoms with E-state index in [-0.39, 0.29) is 17.9 Å². The quantitative estimate of drug-likeness (QED) is 0.521. The second-order valence-electron chi connectivity index (χ2n) is 6.90. The van der Waals surface area contributed by atoms with Gasteiger partial charge in [-0.25, -0.2) is 4.79 Å². The van der Waals surface area contributed by atoms with Crippen molar-refractivity contribution in [1.29, 1.82) is 0 Å². The van der Waals surface area contributed by atoms with Crippen molar-refractivity contribution in [2.75, 3.05) is 0 Å². The molecule has 1 atom stereocenters. The lowest BCUT2D eigenvalue weighted by atomic mass is 9.93. The van der Waals surface area contributed by atoms with Crippen LogP contribution in [0.25, 0.3) is 0 Å². The van der Waals surface area contributed by atoms with E-state index in [4.69, 9.17) is 0 Å². The van der Waals surface area contributed by atoms with Gasteiger partial charge in [0.15, 0.2) is 0 Å². The zero-order valence-electron chi connectivity index (χ0n) is 15.7. The molecule has 146 valence electrons. The minimum atomic E-state index is -1.07. The van der Waals surface area contributed by atoms with Crippen molar-refractivity contribution in [3.8, 4) is 5.75 Å². The smallest absolute Gasteiger partial charge is 0.346 e. The first kappa shape index (κ1) is 19.5. The summed E-state index contributed by atoms with van der Waals surface area (Å²) >= 11 is 0. The van der Waals surface area contributed by atoms with Crippen LogP contribution in [0.5, 0.6) is 5.75 Å². The van der Waals surface area contributed by atoms with E-state index >= 15 is 0 Å². The summed E-state index contributed by atoms with van der Waals surface area (Å²) in [5.74, 6) is -0.630. The Labute approximate surface area is 162 Å². The Balaban J connectivity index is 1.79. The monoisotopic (exact) mass is 382 g/mol. The van der Waals surface area contributed by atoms with E-state index in [1.165, 1.54) is 12.4 Å². The summed E-state index contributed by atoms with van der Waals surface area (Å²) in [7, 11) is 0. The molecule has 1 aromatic heterocycles. The van der Waals surface area contributed by atoms with Gasteiger partial charge in [0.2, 0.25) is 0 Å². The van der Waals surface area contributed by atoms with Gasteiger partial charge in [-0.15, -0.1) is 5.01 Å². The number of urea groups is 1. The van der Waals surface area contributed by atoms with Crippen LogP contribution in [0.3, 0.4) is 0 Å². The molecular formula is C20H22N4O4. The minimum Gasteiger partial charge on any atom is -0.505 e. The molecule has 0 unspecified atom stereocenters. The van der Waals surface area contributed by atoms with Crippen LogP contribution in [0.15, 0.2) is 41.6 Å². The molecule has 1 aliphatic heterocycles. The molecule has 1 fully saturated rings. The highest BCUT2D eigenvalue weighted by atomic mass is 16.3. The summed E-state index contributed by atoms with van der Waals surface area (Å²) < 4.78 is 0. The molecule has 28 heavy (non-hydrogen) atoms.